The number of amides is 1. The second-order valence-corrected chi connectivity index (χ2v) is 7.47. The van der Waals surface area contributed by atoms with Crippen molar-refractivity contribution in [1.82, 2.24) is 5.32 Å². The van der Waals surface area contributed by atoms with Gasteiger partial charge in [0.2, 0.25) is 5.91 Å². The Morgan fingerprint density at radius 3 is 2.64 bits per heavy atom. The number of carboxylic acids is 1. The fourth-order valence-electron chi connectivity index (χ4n) is 3.90. The molecule has 2 N–H and O–H groups in total. The molecule has 2 aliphatic rings. The van der Waals surface area contributed by atoms with Gasteiger partial charge in [0.1, 0.15) is 0 Å². The minimum Gasteiger partial charge on any atom is -0.481 e. The van der Waals surface area contributed by atoms with E-state index < -0.39 is 11.9 Å². The van der Waals surface area contributed by atoms with E-state index in [4.69, 9.17) is 0 Å². The Bertz CT molecular complexity index is 806. The van der Waals surface area contributed by atoms with E-state index in [0.29, 0.717) is 12.3 Å². The van der Waals surface area contributed by atoms with Crippen molar-refractivity contribution in [2.75, 3.05) is 6.54 Å². The molecule has 4 heteroatoms. The van der Waals surface area contributed by atoms with Crippen LogP contribution in [0.5, 0.6) is 0 Å². The van der Waals surface area contributed by atoms with E-state index in [9.17, 15) is 14.7 Å². The van der Waals surface area contributed by atoms with Gasteiger partial charge in [0, 0.05) is 12.5 Å². The zero-order valence-electron chi connectivity index (χ0n) is 14.2. The molecule has 1 amide bonds. The molecule has 25 heavy (non-hydrogen) atoms. The van der Waals surface area contributed by atoms with Crippen molar-refractivity contribution in [3.63, 3.8) is 0 Å². The van der Waals surface area contributed by atoms with Crippen molar-refractivity contribution >= 4 is 22.6 Å². The monoisotopic (exact) mass is 337 g/mol. The maximum Gasteiger partial charge on any atom is 0.308 e. The second-order valence-electron chi connectivity index (χ2n) is 7.47. The van der Waals surface area contributed by atoms with Crippen LogP contribution in [-0.4, -0.2) is 23.5 Å². The maximum absolute atomic E-state index is 12.2. The molecule has 2 saturated carbocycles. The van der Waals surface area contributed by atoms with Crippen molar-refractivity contribution in [2.45, 2.75) is 25.7 Å². The first-order valence-corrected chi connectivity index (χ1v) is 9.10. The van der Waals surface area contributed by atoms with Crippen LogP contribution in [0.1, 0.15) is 24.8 Å². The number of aliphatic carboxylic acids is 1. The summed E-state index contributed by atoms with van der Waals surface area (Å²) in [5, 5.41) is 14.7. The standard InChI is InChI=1S/C21H23NO3/c23-20(19-11-18(19)14-8-9-14)22-12-16(21(24)25)10-15-6-3-5-13-4-1-2-7-17(13)15/h1-7,14,16,18-19H,8-12H2,(H,22,23)(H,24,25). The highest BCUT2D eigenvalue weighted by atomic mass is 16.4. The third-order valence-electron chi connectivity index (χ3n) is 5.62. The molecule has 2 fully saturated rings. The lowest BCUT2D eigenvalue weighted by molar-refractivity contribution is -0.141. The summed E-state index contributed by atoms with van der Waals surface area (Å²) in [5.74, 6) is 0.0132. The number of hydrogen-bond acceptors (Lipinski definition) is 2. The van der Waals surface area contributed by atoms with Crippen LogP contribution in [0.2, 0.25) is 0 Å². The molecule has 0 heterocycles. The maximum atomic E-state index is 12.2. The molecular formula is C21H23NO3. The smallest absolute Gasteiger partial charge is 0.308 e. The van der Waals surface area contributed by atoms with Crippen LogP contribution in [0.4, 0.5) is 0 Å². The largest absolute Gasteiger partial charge is 0.481 e. The van der Waals surface area contributed by atoms with Gasteiger partial charge in [-0.05, 0) is 53.9 Å². The lowest BCUT2D eigenvalue weighted by atomic mass is 9.94. The summed E-state index contributed by atoms with van der Waals surface area (Å²) in [6, 6.07) is 14.0. The van der Waals surface area contributed by atoms with Crippen LogP contribution in [0.25, 0.3) is 10.8 Å². The van der Waals surface area contributed by atoms with Crippen molar-refractivity contribution in [1.29, 1.82) is 0 Å². The van der Waals surface area contributed by atoms with E-state index in [2.05, 4.69) is 5.32 Å². The first kappa shape index (κ1) is 16.1. The molecule has 0 spiro atoms. The lowest BCUT2D eigenvalue weighted by Crippen LogP contribution is -2.35. The summed E-state index contributed by atoms with van der Waals surface area (Å²) in [6.07, 6.45) is 3.92. The van der Waals surface area contributed by atoms with Crippen LogP contribution in [0.3, 0.4) is 0 Å². The molecule has 3 atom stereocenters. The lowest BCUT2D eigenvalue weighted by Gasteiger charge is -2.15. The molecule has 0 bridgehead atoms. The van der Waals surface area contributed by atoms with Gasteiger partial charge in [-0.1, -0.05) is 42.5 Å². The summed E-state index contributed by atoms with van der Waals surface area (Å²) in [5.41, 5.74) is 1.02. The Labute approximate surface area is 147 Å². The van der Waals surface area contributed by atoms with Gasteiger partial charge >= 0.3 is 5.97 Å². The number of benzene rings is 2. The third kappa shape index (κ3) is 3.53. The average Bonchev–Trinajstić information content (AvgIpc) is 3.49. The van der Waals surface area contributed by atoms with Crippen LogP contribution in [-0.2, 0) is 16.0 Å². The first-order valence-electron chi connectivity index (χ1n) is 9.10. The highest BCUT2D eigenvalue weighted by Crippen LogP contribution is 2.54. The summed E-state index contributed by atoms with van der Waals surface area (Å²) in [7, 11) is 0. The molecule has 0 saturated heterocycles. The number of rotatable bonds is 7. The summed E-state index contributed by atoms with van der Waals surface area (Å²) < 4.78 is 0. The summed E-state index contributed by atoms with van der Waals surface area (Å²) >= 11 is 0. The third-order valence-corrected chi connectivity index (χ3v) is 5.62. The minimum absolute atomic E-state index is 0.0427. The molecule has 0 aliphatic heterocycles. The van der Waals surface area contributed by atoms with E-state index in [1.165, 1.54) is 12.8 Å². The Morgan fingerprint density at radius 2 is 1.88 bits per heavy atom. The predicted molar refractivity (Wildman–Crippen MR) is 96.1 cm³/mol. The number of carbonyl (C=O) groups is 2. The molecule has 2 aromatic rings. The van der Waals surface area contributed by atoms with E-state index in [1.807, 2.05) is 42.5 Å². The molecule has 130 valence electrons. The fraction of sp³-hybridized carbons (Fsp3) is 0.429. The zero-order valence-corrected chi connectivity index (χ0v) is 14.2. The quantitative estimate of drug-likeness (QED) is 0.815. The predicted octanol–water partition coefficient (Wildman–Crippen LogP) is 3.25. The first-order chi connectivity index (χ1) is 12.1. The van der Waals surface area contributed by atoms with Gasteiger partial charge in [-0.3, -0.25) is 9.59 Å². The Morgan fingerprint density at radius 1 is 1.12 bits per heavy atom. The van der Waals surface area contributed by atoms with Crippen molar-refractivity contribution < 1.29 is 14.7 Å². The number of carbonyl (C=O) groups excluding carboxylic acids is 1. The molecule has 0 aromatic heterocycles. The Hall–Kier alpha value is -2.36. The van der Waals surface area contributed by atoms with Gasteiger partial charge in [-0.25, -0.2) is 0 Å². The van der Waals surface area contributed by atoms with Gasteiger partial charge in [0.25, 0.3) is 0 Å². The van der Waals surface area contributed by atoms with Crippen LogP contribution in [0, 0.1) is 23.7 Å². The molecule has 4 rings (SSSR count). The molecule has 2 aromatic carbocycles. The fourth-order valence-corrected chi connectivity index (χ4v) is 3.90. The molecule has 2 aliphatic carbocycles. The van der Waals surface area contributed by atoms with E-state index in [-0.39, 0.29) is 18.4 Å². The normalized spacial score (nSPS) is 23.2. The highest BCUT2D eigenvalue weighted by Gasteiger charge is 2.51. The molecule has 0 radical (unpaired) electrons. The Balaban J connectivity index is 1.41. The van der Waals surface area contributed by atoms with Gasteiger partial charge in [-0.15, -0.1) is 0 Å². The van der Waals surface area contributed by atoms with Crippen LogP contribution < -0.4 is 5.32 Å². The van der Waals surface area contributed by atoms with Gasteiger partial charge in [0.15, 0.2) is 0 Å². The van der Waals surface area contributed by atoms with Gasteiger partial charge in [0.05, 0.1) is 5.92 Å². The summed E-state index contributed by atoms with van der Waals surface area (Å²) in [4.78, 5) is 23.9. The van der Waals surface area contributed by atoms with Crippen molar-refractivity contribution in [3.8, 4) is 0 Å². The topological polar surface area (TPSA) is 66.4 Å². The van der Waals surface area contributed by atoms with E-state index >= 15 is 0 Å². The molecule has 4 nitrogen and oxygen atoms in total. The van der Waals surface area contributed by atoms with Gasteiger partial charge < -0.3 is 10.4 Å². The van der Waals surface area contributed by atoms with E-state index in [0.717, 1.165) is 28.7 Å². The summed E-state index contributed by atoms with van der Waals surface area (Å²) in [6.45, 7) is 0.200. The SMILES string of the molecule is O=C(O)C(CNC(=O)C1CC1C1CC1)Cc1cccc2ccccc12. The average molecular weight is 337 g/mol. The zero-order chi connectivity index (χ0) is 17.4. The van der Waals surface area contributed by atoms with Crippen molar-refractivity contribution in [3.05, 3.63) is 48.0 Å². The number of hydrogen-bond donors (Lipinski definition) is 2. The number of nitrogens with one attached hydrogen (secondary N) is 1. The second kappa shape index (κ2) is 6.51. The van der Waals surface area contributed by atoms with E-state index in [1.54, 1.807) is 0 Å². The number of fused-ring (bicyclic) bond motifs is 1. The minimum atomic E-state index is -0.859. The molecular weight excluding hydrogens is 314 g/mol. The number of carboxylic acid groups (broad SMARTS) is 1. The molecule has 3 unspecified atom stereocenters. The van der Waals surface area contributed by atoms with Gasteiger partial charge in [-0.2, -0.15) is 0 Å². The van der Waals surface area contributed by atoms with Crippen LogP contribution >= 0.6 is 0 Å². The highest BCUT2D eigenvalue weighted by molar-refractivity contribution is 5.86. The van der Waals surface area contributed by atoms with Crippen molar-refractivity contribution in [2.24, 2.45) is 23.7 Å². The Kier molecular flexibility index (Phi) is 4.20. The van der Waals surface area contributed by atoms with Crippen LogP contribution in [0.15, 0.2) is 42.5 Å².